The molecule has 0 aliphatic rings. The lowest BCUT2D eigenvalue weighted by molar-refractivity contribution is -0.141. The predicted octanol–water partition coefficient (Wildman–Crippen LogP) is 0.502. The highest BCUT2D eigenvalue weighted by Gasteiger charge is 2.35. The number of carbonyl (C=O) groups is 2. The van der Waals surface area contributed by atoms with Crippen LogP contribution in [-0.4, -0.2) is 56.5 Å². The van der Waals surface area contributed by atoms with Gasteiger partial charge in [-0.25, -0.2) is 18.2 Å². The summed E-state index contributed by atoms with van der Waals surface area (Å²) in [5.41, 5.74) is 0.938. The van der Waals surface area contributed by atoms with Crippen molar-refractivity contribution < 1.29 is 27.5 Å². The Kier molecular flexibility index (Phi) is 5.81. The molecule has 0 N–H and O–H groups in total. The van der Waals surface area contributed by atoms with Crippen LogP contribution in [0.15, 0.2) is 9.72 Å². The van der Waals surface area contributed by atoms with Crippen LogP contribution in [-0.2, 0) is 24.3 Å². The SMILES string of the molecule is COC(=O)CN(C(C)C)S(=O)(=O)c1scnc1C(=O)OC. The van der Waals surface area contributed by atoms with E-state index in [1.807, 2.05) is 0 Å². The van der Waals surface area contributed by atoms with Gasteiger partial charge >= 0.3 is 11.9 Å². The first-order valence-electron chi connectivity index (χ1n) is 5.86. The predicted molar refractivity (Wildman–Crippen MR) is 74.5 cm³/mol. The van der Waals surface area contributed by atoms with Gasteiger partial charge in [-0.2, -0.15) is 4.31 Å². The molecule has 0 bridgehead atoms. The molecule has 0 atom stereocenters. The molecule has 0 unspecified atom stereocenters. The summed E-state index contributed by atoms with van der Waals surface area (Å²) in [4.78, 5) is 26.7. The number of hydrogen-bond acceptors (Lipinski definition) is 8. The van der Waals surface area contributed by atoms with E-state index in [2.05, 4.69) is 14.5 Å². The third kappa shape index (κ3) is 3.77. The van der Waals surface area contributed by atoms with Crippen LogP contribution in [0.5, 0.6) is 0 Å². The molecule has 118 valence electrons. The highest BCUT2D eigenvalue weighted by Crippen LogP contribution is 2.26. The minimum Gasteiger partial charge on any atom is -0.468 e. The Bertz CT molecular complexity index is 622. The third-order valence-corrected chi connectivity index (χ3v) is 5.91. The zero-order chi connectivity index (χ0) is 16.2. The first-order valence-corrected chi connectivity index (χ1v) is 8.18. The summed E-state index contributed by atoms with van der Waals surface area (Å²) in [6.07, 6.45) is 0. The maximum absolute atomic E-state index is 12.6. The number of carbonyl (C=O) groups excluding carboxylic acids is 2. The molecular formula is C11H16N2O6S2. The monoisotopic (exact) mass is 336 g/mol. The van der Waals surface area contributed by atoms with Gasteiger partial charge in [-0.15, -0.1) is 11.3 Å². The van der Waals surface area contributed by atoms with Crippen molar-refractivity contribution in [2.45, 2.75) is 24.1 Å². The second-order valence-corrected chi connectivity index (χ2v) is 7.14. The van der Waals surface area contributed by atoms with E-state index in [0.717, 1.165) is 22.8 Å². The summed E-state index contributed by atoms with van der Waals surface area (Å²) in [6, 6.07) is -0.498. The number of nitrogens with zero attached hydrogens (tertiary/aromatic N) is 2. The lowest BCUT2D eigenvalue weighted by Crippen LogP contribution is -2.41. The number of methoxy groups -OCH3 is 2. The standard InChI is InChI=1S/C11H16N2O6S2/c1-7(2)13(5-8(14)18-3)21(16,17)11-9(10(15)19-4)12-6-20-11/h6-7H,5H2,1-4H3. The van der Waals surface area contributed by atoms with E-state index < -0.39 is 34.5 Å². The molecule has 1 heterocycles. The fourth-order valence-corrected chi connectivity index (χ4v) is 4.32. The summed E-state index contributed by atoms with van der Waals surface area (Å²) in [5, 5.41) is 0. The summed E-state index contributed by atoms with van der Waals surface area (Å²) < 4.78 is 34.9. The molecule has 1 rings (SSSR count). The highest BCUT2D eigenvalue weighted by molar-refractivity contribution is 7.91. The molecule has 8 nitrogen and oxygen atoms in total. The number of rotatable bonds is 6. The van der Waals surface area contributed by atoms with Crippen LogP contribution in [0.2, 0.25) is 0 Å². The quantitative estimate of drug-likeness (QED) is 0.697. The Hall–Kier alpha value is -1.52. The summed E-state index contributed by atoms with van der Waals surface area (Å²) >= 11 is 0.787. The normalized spacial score (nSPS) is 11.7. The minimum absolute atomic E-state index is 0.257. The third-order valence-electron chi connectivity index (χ3n) is 2.55. The van der Waals surface area contributed by atoms with E-state index in [1.165, 1.54) is 12.6 Å². The van der Waals surface area contributed by atoms with E-state index in [4.69, 9.17) is 0 Å². The van der Waals surface area contributed by atoms with E-state index in [1.54, 1.807) is 13.8 Å². The van der Waals surface area contributed by atoms with Gasteiger partial charge in [0.25, 0.3) is 10.0 Å². The maximum atomic E-state index is 12.6. The second-order valence-electron chi connectivity index (χ2n) is 4.20. The van der Waals surface area contributed by atoms with E-state index in [-0.39, 0.29) is 9.90 Å². The number of hydrogen-bond donors (Lipinski definition) is 0. The van der Waals surface area contributed by atoms with Gasteiger partial charge in [0.1, 0.15) is 6.54 Å². The van der Waals surface area contributed by atoms with Crippen LogP contribution in [0, 0.1) is 0 Å². The molecule has 0 fully saturated rings. The summed E-state index contributed by atoms with van der Waals surface area (Å²) in [6.45, 7) is 2.77. The smallest absolute Gasteiger partial charge is 0.358 e. The van der Waals surface area contributed by atoms with Gasteiger partial charge in [0.05, 0.1) is 19.7 Å². The minimum atomic E-state index is -4.06. The molecule has 0 radical (unpaired) electrons. The second kappa shape index (κ2) is 6.96. The van der Waals surface area contributed by atoms with Crippen LogP contribution in [0.4, 0.5) is 0 Å². The maximum Gasteiger partial charge on any atom is 0.358 e. The highest BCUT2D eigenvalue weighted by atomic mass is 32.2. The van der Waals surface area contributed by atoms with Gasteiger partial charge in [0, 0.05) is 6.04 Å². The lowest BCUT2D eigenvalue weighted by atomic mass is 10.4. The zero-order valence-electron chi connectivity index (χ0n) is 12.0. The first-order chi connectivity index (χ1) is 9.75. The summed E-state index contributed by atoms with van der Waals surface area (Å²) in [7, 11) is -1.76. The van der Waals surface area contributed by atoms with Crippen LogP contribution in [0.25, 0.3) is 0 Å². The van der Waals surface area contributed by atoms with Crippen molar-refractivity contribution in [3.8, 4) is 0 Å². The number of sulfonamides is 1. The molecule has 0 aliphatic heterocycles. The number of thiazole rings is 1. The number of aromatic nitrogens is 1. The van der Waals surface area contributed by atoms with E-state index in [0.29, 0.717) is 0 Å². The van der Waals surface area contributed by atoms with Gasteiger partial charge in [-0.05, 0) is 13.8 Å². The van der Waals surface area contributed by atoms with Gasteiger partial charge in [0.15, 0.2) is 9.90 Å². The molecule has 0 amide bonds. The molecule has 1 aromatic heterocycles. The Morgan fingerprint density at radius 1 is 1.33 bits per heavy atom. The van der Waals surface area contributed by atoms with E-state index >= 15 is 0 Å². The zero-order valence-corrected chi connectivity index (χ0v) is 13.7. The molecular weight excluding hydrogens is 320 g/mol. The van der Waals surface area contributed by atoms with Gasteiger partial charge < -0.3 is 9.47 Å². The van der Waals surface area contributed by atoms with Crippen molar-refractivity contribution in [1.82, 2.24) is 9.29 Å². The van der Waals surface area contributed by atoms with Gasteiger partial charge in [-0.3, -0.25) is 4.79 Å². The van der Waals surface area contributed by atoms with Crippen molar-refractivity contribution in [3.05, 3.63) is 11.2 Å². The van der Waals surface area contributed by atoms with Crippen LogP contribution in [0.3, 0.4) is 0 Å². The molecule has 1 aromatic rings. The Balaban J connectivity index is 3.27. The van der Waals surface area contributed by atoms with Gasteiger partial charge in [0.2, 0.25) is 0 Å². The number of esters is 2. The number of ether oxygens (including phenoxy) is 2. The fourth-order valence-electron chi connectivity index (χ4n) is 1.49. The molecule has 0 spiro atoms. The molecule has 0 saturated carbocycles. The average Bonchev–Trinajstić information content (AvgIpc) is 2.93. The Labute approximate surface area is 126 Å². The van der Waals surface area contributed by atoms with Crippen molar-refractivity contribution in [3.63, 3.8) is 0 Å². The lowest BCUT2D eigenvalue weighted by Gasteiger charge is -2.24. The topological polar surface area (TPSA) is 103 Å². The fraction of sp³-hybridized carbons (Fsp3) is 0.545. The molecule has 21 heavy (non-hydrogen) atoms. The van der Waals surface area contributed by atoms with Crippen molar-refractivity contribution >= 4 is 33.3 Å². The molecule has 0 aromatic carbocycles. The Morgan fingerprint density at radius 2 is 1.95 bits per heavy atom. The molecule has 0 aliphatic carbocycles. The van der Waals surface area contributed by atoms with Crippen molar-refractivity contribution in [2.75, 3.05) is 20.8 Å². The average molecular weight is 336 g/mol. The molecule has 0 saturated heterocycles. The van der Waals surface area contributed by atoms with E-state index in [9.17, 15) is 18.0 Å². The largest absolute Gasteiger partial charge is 0.468 e. The molecule has 10 heteroatoms. The summed E-state index contributed by atoms with van der Waals surface area (Å²) in [5.74, 6) is -1.55. The van der Waals surface area contributed by atoms with Crippen LogP contribution < -0.4 is 0 Å². The Morgan fingerprint density at radius 3 is 2.43 bits per heavy atom. The first kappa shape index (κ1) is 17.5. The van der Waals surface area contributed by atoms with Crippen LogP contribution in [0.1, 0.15) is 24.3 Å². The van der Waals surface area contributed by atoms with Gasteiger partial charge in [-0.1, -0.05) is 0 Å². The van der Waals surface area contributed by atoms with Crippen molar-refractivity contribution in [1.29, 1.82) is 0 Å². The van der Waals surface area contributed by atoms with Crippen LogP contribution >= 0.6 is 11.3 Å². The van der Waals surface area contributed by atoms with Crippen molar-refractivity contribution in [2.24, 2.45) is 0 Å².